The fourth-order valence-corrected chi connectivity index (χ4v) is 15.5. The van der Waals surface area contributed by atoms with Gasteiger partial charge in [0.25, 0.3) is 33.4 Å². The molecule has 18 rings (SSSR count). The number of rotatable bonds is 16. The van der Waals surface area contributed by atoms with Crippen molar-refractivity contribution in [3.8, 4) is 0 Å². The van der Waals surface area contributed by atoms with Crippen LogP contribution in [-0.4, -0.2) is 220 Å². The van der Waals surface area contributed by atoms with Gasteiger partial charge in [0.1, 0.15) is 47.4 Å². The van der Waals surface area contributed by atoms with E-state index >= 15 is 0 Å². The summed E-state index contributed by atoms with van der Waals surface area (Å²) in [7, 11) is 12.5. The van der Waals surface area contributed by atoms with Crippen LogP contribution in [0.3, 0.4) is 0 Å². The average molecular weight is 1630 g/mol. The van der Waals surface area contributed by atoms with Crippen molar-refractivity contribution in [2.24, 2.45) is 52.3 Å². The highest BCUT2D eigenvalue weighted by Crippen LogP contribution is 2.27. The molecule has 12 heterocycles. The van der Waals surface area contributed by atoms with E-state index in [0.29, 0.717) is 57.3 Å². The molecule has 6 aliphatic rings. The lowest BCUT2D eigenvalue weighted by atomic mass is 10.1. The fourth-order valence-electron chi connectivity index (χ4n) is 15.5. The number of ether oxygens (including phenoxy) is 2. The minimum atomic E-state index is -0.0293. The normalized spacial score (nSPS) is 15.3. The van der Waals surface area contributed by atoms with Gasteiger partial charge in [0.15, 0.2) is 0 Å². The van der Waals surface area contributed by atoms with Crippen molar-refractivity contribution in [2.75, 3.05) is 153 Å². The number of nitrogens with one attached hydrogen (secondary N) is 4. The molecule has 30 heteroatoms. The van der Waals surface area contributed by atoms with Gasteiger partial charge in [-0.1, -0.05) is 12.5 Å². The molecule has 0 radical (unpaired) electrons. The third-order valence-electron chi connectivity index (χ3n) is 23.4. The standard InChI is InChI=1S/C18H26N4O.C17H24N4O2.C16H22N4O.C14H16N4O.C13H13N3O2.C12H13N3O/c1-14-20-17-13-15(7-8-16(17)18(23)21(14)2)19-9-6-12-22-10-4-3-5-11-22;1-13-19-16-12-14(4-5-15(16)17(22)20(13)2)18-6-3-7-21-8-10-23-11-9-21;1-12-18-15-11-13(5-6-14(15)16(21)19(12)2)17-7-10-20-8-3-4-9-20;1-9-16-12-8-10(13-15-6-7-17(13)2)4-5-11(12)14(19)18(9)3;1-8-15-11-7-9(12-14-5-6-18-12)3-4-10(11)13(17)16(8)2;1-7-14-11-6-10-8(3-4-13-10)5-9(11)12(16)15(7)2/h7-8,13,19H,3-6,9-12H2,1-2H3;4-5,12,18H,3,6-11H2,1-2H3;5-6,11,17H,3-4,7-10H2,1-2H3;4-5,8H,6-7H2,1-3H3;3-4,7H,5-6H2,1-2H3;5-6,13H,3-4H2,1-2H3. The van der Waals surface area contributed by atoms with Crippen molar-refractivity contribution in [3.05, 3.63) is 217 Å². The Morgan fingerprint density at radius 2 is 0.742 bits per heavy atom. The van der Waals surface area contributed by atoms with E-state index in [1.54, 1.807) is 75.8 Å². The molecular formula is C90H114N22O8. The number of aromatic nitrogens is 12. The van der Waals surface area contributed by atoms with E-state index in [1.807, 2.05) is 146 Å². The predicted octanol–water partition coefficient (Wildman–Crippen LogP) is 8.82. The summed E-state index contributed by atoms with van der Waals surface area (Å²) in [5.74, 6) is 5.98. The van der Waals surface area contributed by atoms with Crippen LogP contribution in [0, 0.1) is 41.5 Å². The van der Waals surface area contributed by atoms with Gasteiger partial charge in [-0.3, -0.25) is 66.1 Å². The van der Waals surface area contributed by atoms with Crippen molar-refractivity contribution < 1.29 is 9.47 Å². The Morgan fingerprint density at radius 1 is 0.367 bits per heavy atom. The second-order valence-electron chi connectivity index (χ2n) is 31.6. The molecule has 3 saturated heterocycles. The summed E-state index contributed by atoms with van der Waals surface area (Å²) < 4.78 is 20.2. The van der Waals surface area contributed by atoms with Gasteiger partial charge >= 0.3 is 0 Å². The van der Waals surface area contributed by atoms with Gasteiger partial charge in [-0.05, 0) is 228 Å². The first-order chi connectivity index (χ1) is 57.8. The quantitative estimate of drug-likeness (QED) is 0.0656. The minimum absolute atomic E-state index is 0.00392. The Labute approximate surface area is 697 Å². The molecule has 6 aliphatic heterocycles. The van der Waals surface area contributed by atoms with Crippen molar-refractivity contribution in [2.45, 2.75) is 92.9 Å². The second kappa shape index (κ2) is 39.3. The number of nitrogens with zero attached hydrogens (tertiary/aromatic N) is 18. The monoisotopic (exact) mass is 1630 g/mol. The summed E-state index contributed by atoms with van der Waals surface area (Å²) in [4.78, 5) is 118. The minimum Gasteiger partial charge on any atom is -0.476 e. The zero-order chi connectivity index (χ0) is 84.8. The second-order valence-corrected chi connectivity index (χ2v) is 31.6. The third-order valence-corrected chi connectivity index (χ3v) is 23.4. The summed E-state index contributed by atoms with van der Waals surface area (Å²) >= 11 is 0. The highest BCUT2D eigenvalue weighted by Gasteiger charge is 2.21. The van der Waals surface area contributed by atoms with E-state index in [1.165, 1.54) is 70.4 Å². The lowest BCUT2D eigenvalue weighted by Gasteiger charge is -2.26. The van der Waals surface area contributed by atoms with Gasteiger partial charge in [-0.2, -0.15) is 0 Å². The molecule has 4 N–H and O–H groups in total. The predicted molar refractivity (Wildman–Crippen MR) is 482 cm³/mol. The highest BCUT2D eigenvalue weighted by atomic mass is 16.5. The van der Waals surface area contributed by atoms with Crippen molar-refractivity contribution in [1.82, 2.24) is 76.9 Å². The molecule has 0 saturated carbocycles. The van der Waals surface area contributed by atoms with Gasteiger partial charge in [-0.15, -0.1) is 0 Å². The van der Waals surface area contributed by atoms with Gasteiger partial charge in [0.2, 0.25) is 5.90 Å². The number of piperidine rings is 1. The van der Waals surface area contributed by atoms with E-state index < -0.39 is 0 Å². The van der Waals surface area contributed by atoms with E-state index in [9.17, 15) is 28.8 Å². The van der Waals surface area contributed by atoms with Gasteiger partial charge in [0.05, 0.1) is 91.7 Å². The number of amidine groups is 1. The lowest BCUT2D eigenvalue weighted by molar-refractivity contribution is 0.0378. The maximum atomic E-state index is 12.2. The van der Waals surface area contributed by atoms with Gasteiger partial charge in [0, 0.05) is 136 Å². The summed E-state index contributed by atoms with van der Waals surface area (Å²) in [5.41, 5.74) is 11.9. The Balaban J connectivity index is 0.000000125. The number of aryl methyl sites for hydroxylation is 6. The van der Waals surface area contributed by atoms with Crippen molar-refractivity contribution >= 4 is 99.9 Å². The zero-order valence-electron chi connectivity index (χ0n) is 71.7. The van der Waals surface area contributed by atoms with Crippen LogP contribution >= 0.6 is 0 Å². The van der Waals surface area contributed by atoms with Crippen molar-refractivity contribution in [1.29, 1.82) is 0 Å². The molecule has 120 heavy (non-hydrogen) atoms. The molecule has 0 atom stereocenters. The van der Waals surface area contributed by atoms with Crippen LogP contribution < -0.4 is 54.6 Å². The van der Waals surface area contributed by atoms with Crippen LogP contribution in [0.25, 0.3) is 65.4 Å². The first-order valence-electron chi connectivity index (χ1n) is 41.9. The number of benzene rings is 6. The number of hydrogen-bond donors (Lipinski definition) is 4. The van der Waals surface area contributed by atoms with Crippen LogP contribution in [-0.2, 0) is 58.2 Å². The Kier molecular flexibility index (Phi) is 28.2. The van der Waals surface area contributed by atoms with Crippen molar-refractivity contribution in [3.63, 3.8) is 0 Å². The van der Waals surface area contributed by atoms with Crippen LogP contribution in [0.5, 0.6) is 0 Å². The number of anilines is 4. The Bertz CT molecular complexity index is 6080. The first-order valence-corrected chi connectivity index (χ1v) is 41.9. The largest absolute Gasteiger partial charge is 0.476 e. The number of likely N-dealkylation sites (tertiary alicyclic amines) is 2. The van der Waals surface area contributed by atoms with E-state index in [-0.39, 0.29) is 33.4 Å². The maximum Gasteiger partial charge on any atom is 0.261 e. The smallest absolute Gasteiger partial charge is 0.261 e. The highest BCUT2D eigenvalue weighted by molar-refractivity contribution is 6.02. The average Bonchev–Trinajstić information content (AvgIpc) is 1.52. The summed E-state index contributed by atoms with van der Waals surface area (Å²) in [6.07, 6.45) is 9.93. The SMILES string of the molecule is Cc1nc2cc(C3=NCCN3C)ccc2c(=O)n1C.Cc1nc2cc(C3=NCCO3)ccc2c(=O)n1C.Cc1nc2cc(NCCCN3CCCCC3)ccc2c(=O)n1C.Cc1nc2cc(NCCCN3CCOCC3)ccc2c(=O)n1C.Cc1nc2cc(NCCN3CCCC3)ccc2c(=O)n1C.Cc1nc2cc3c(cc2c(=O)n1C)CCN3. The number of hydrogen-bond acceptors (Lipinski definition) is 24. The van der Waals surface area contributed by atoms with Crippen LogP contribution in [0.1, 0.15) is 96.6 Å². The van der Waals surface area contributed by atoms with E-state index in [2.05, 4.69) is 80.8 Å². The summed E-state index contributed by atoms with van der Waals surface area (Å²) in [6, 6.07) is 32.6. The molecule has 0 bridgehead atoms. The molecule has 0 unspecified atom stereocenters. The van der Waals surface area contributed by atoms with Gasteiger partial charge < -0.3 is 45.4 Å². The maximum absolute atomic E-state index is 12.2. The topological polar surface area (TPSA) is 314 Å². The lowest BCUT2D eigenvalue weighted by Crippen LogP contribution is -2.37. The molecule has 0 amide bonds. The number of aliphatic imine (C=N–C) groups is 2. The molecule has 12 aromatic rings. The van der Waals surface area contributed by atoms with Crippen LogP contribution in [0.2, 0.25) is 0 Å². The van der Waals surface area contributed by atoms with E-state index in [0.717, 1.165) is 200 Å². The Morgan fingerprint density at radius 3 is 1.17 bits per heavy atom. The number of likely N-dealkylation sites (N-methyl/N-ethyl adjacent to an activating group) is 1. The van der Waals surface area contributed by atoms with E-state index in [4.69, 9.17) is 9.47 Å². The zero-order valence-corrected chi connectivity index (χ0v) is 71.7. The Hall–Kier alpha value is -11.9. The van der Waals surface area contributed by atoms with Crippen LogP contribution in [0.15, 0.2) is 142 Å². The number of fused-ring (bicyclic) bond motifs is 7. The fraction of sp³-hybridized carbons (Fsp3) is 0.444. The molecule has 632 valence electrons. The van der Waals surface area contributed by atoms with Gasteiger partial charge in [-0.25, -0.2) is 34.9 Å². The molecule has 30 nitrogen and oxygen atoms in total. The number of morpholine rings is 1. The third kappa shape index (κ3) is 20.5. The molecule has 6 aromatic heterocycles. The first kappa shape index (κ1) is 86.0. The molecule has 6 aromatic carbocycles. The molecule has 3 fully saturated rings. The molecule has 0 aliphatic carbocycles. The summed E-state index contributed by atoms with van der Waals surface area (Å²) in [5, 5.41) is 17.6. The van der Waals surface area contributed by atoms with Crippen LogP contribution in [0.4, 0.5) is 22.7 Å². The molecular weight excluding hydrogens is 1520 g/mol. The molecule has 0 spiro atoms. The summed E-state index contributed by atoms with van der Waals surface area (Å²) in [6.45, 7) is 29.9.